The number of fused-ring (bicyclic) bond motifs is 1. The number of aromatic amines is 1. The van der Waals surface area contributed by atoms with Gasteiger partial charge in [0, 0.05) is 23.1 Å². The molecular formula is C19H19F3N2O2. The molecule has 3 aromatic rings. The molecule has 0 bridgehead atoms. The average Bonchev–Trinajstić information content (AvgIpc) is 2.94. The fourth-order valence-corrected chi connectivity index (χ4v) is 2.90. The lowest BCUT2D eigenvalue weighted by Crippen LogP contribution is -2.22. The van der Waals surface area contributed by atoms with E-state index in [1.54, 1.807) is 26.0 Å². The van der Waals surface area contributed by atoms with Crippen LogP contribution in [0.25, 0.3) is 22.0 Å². The number of methoxy groups -OCH3 is 1. The summed E-state index contributed by atoms with van der Waals surface area (Å²) < 4.78 is 43.9. The number of aromatic nitrogens is 2. The summed E-state index contributed by atoms with van der Waals surface area (Å²) in [6, 6.07) is 8.83. The van der Waals surface area contributed by atoms with Crippen LogP contribution in [0.1, 0.15) is 25.1 Å². The van der Waals surface area contributed by atoms with E-state index in [9.17, 15) is 18.3 Å². The van der Waals surface area contributed by atoms with Crippen LogP contribution in [0.3, 0.4) is 0 Å². The maximum Gasteiger partial charge on any atom is 0.416 e. The Balaban J connectivity index is 2.09. The summed E-state index contributed by atoms with van der Waals surface area (Å²) in [5, 5.41) is 18.0. The number of alkyl halides is 3. The molecule has 0 spiro atoms. The van der Waals surface area contributed by atoms with Crippen molar-refractivity contribution in [2.45, 2.75) is 32.0 Å². The normalized spacial score (nSPS) is 12.6. The Morgan fingerprint density at radius 3 is 2.46 bits per heavy atom. The van der Waals surface area contributed by atoms with E-state index in [4.69, 9.17) is 4.74 Å². The number of nitrogens with zero attached hydrogens (tertiary/aromatic N) is 1. The molecule has 4 nitrogen and oxygen atoms in total. The van der Waals surface area contributed by atoms with Crippen LogP contribution in [-0.2, 0) is 12.6 Å². The summed E-state index contributed by atoms with van der Waals surface area (Å²) in [5.41, 5.74) is 1.07. The van der Waals surface area contributed by atoms with E-state index in [1.165, 1.54) is 13.2 Å². The largest absolute Gasteiger partial charge is 0.496 e. The zero-order chi connectivity index (χ0) is 19.1. The standard InChI is InChI=1S/C19H19F3N2O2/c1-18(2,25)10-16-14-8-11(4-7-15(14)23-24-16)13-6-5-12(19(20,21)22)9-17(13)26-3/h4-9,25H,10H2,1-3H3,(H,23,24). The molecule has 26 heavy (non-hydrogen) atoms. The molecule has 0 amide bonds. The highest BCUT2D eigenvalue weighted by Gasteiger charge is 2.31. The third-order valence-electron chi connectivity index (χ3n) is 4.08. The van der Waals surface area contributed by atoms with Crippen molar-refractivity contribution < 1.29 is 23.0 Å². The highest BCUT2D eigenvalue weighted by molar-refractivity contribution is 5.87. The van der Waals surface area contributed by atoms with Crippen molar-refractivity contribution >= 4 is 10.9 Å². The van der Waals surface area contributed by atoms with Crippen molar-refractivity contribution in [3.05, 3.63) is 47.7 Å². The molecule has 138 valence electrons. The summed E-state index contributed by atoms with van der Waals surface area (Å²) in [4.78, 5) is 0. The van der Waals surface area contributed by atoms with Gasteiger partial charge in [0.2, 0.25) is 0 Å². The number of nitrogens with one attached hydrogen (secondary N) is 1. The number of halogens is 3. The molecule has 3 rings (SSSR count). The predicted molar refractivity (Wildman–Crippen MR) is 93.1 cm³/mol. The highest BCUT2D eigenvalue weighted by Crippen LogP contribution is 2.38. The Kier molecular flexibility index (Phi) is 4.44. The Hall–Kier alpha value is -2.54. The van der Waals surface area contributed by atoms with Crippen LogP contribution in [0.5, 0.6) is 5.75 Å². The van der Waals surface area contributed by atoms with Gasteiger partial charge in [-0.15, -0.1) is 0 Å². The van der Waals surface area contributed by atoms with E-state index in [-0.39, 0.29) is 5.75 Å². The van der Waals surface area contributed by atoms with Crippen LogP contribution in [0.4, 0.5) is 13.2 Å². The molecule has 0 atom stereocenters. The van der Waals surface area contributed by atoms with Crippen molar-refractivity contribution in [2.24, 2.45) is 0 Å². The minimum absolute atomic E-state index is 0.145. The van der Waals surface area contributed by atoms with Crippen LogP contribution in [0, 0.1) is 0 Å². The van der Waals surface area contributed by atoms with Gasteiger partial charge in [-0.2, -0.15) is 18.3 Å². The Morgan fingerprint density at radius 2 is 1.85 bits per heavy atom. The SMILES string of the molecule is COc1cc(C(F)(F)F)ccc1-c1ccc2n[nH]c(CC(C)(C)O)c2c1. The minimum Gasteiger partial charge on any atom is -0.496 e. The Labute approximate surface area is 148 Å². The monoisotopic (exact) mass is 364 g/mol. The zero-order valence-corrected chi connectivity index (χ0v) is 14.6. The van der Waals surface area contributed by atoms with Crippen LogP contribution in [-0.4, -0.2) is 28.0 Å². The fourth-order valence-electron chi connectivity index (χ4n) is 2.90. The van der Waals surface area contributed by atoms with Crippen molar-refractivity contribution in [2.75, 3.05) is 7.11 Å². The molecule has 2 aromatic carbocycles. The van der Waals surface area contributed by atoms with Crippen LogP contribution in [0.15, 0.2) is 36.4 Å². The lowest BCUT2D eigenvalue weighted by Gasteiger charge is -2.16. The van der Waals surface area contributed by atoms with E-state index in [1.807, 2.05) is 6.07 Å². The predicted octanol–water partition coefficient (Wildman–Crippen LogP) is 4.57. The third kappa shape index (κ3) is 3.67. The number of benzene rings is 2. The Bertz CT molecular complexity index is 940. The number of rotatable bonds is 4. The second-order valence-electron chi connectivity index (χ2n) is 6.84. The second-order valence-corrected chi connectivity index (χ2v) is 6.84. The summed E-state index contributed by atoms with van der Waals surface area (Å²) in [7, 11) is 1.34. The van der Waals surface area contributed by atoms with Gasteiger partial charge in [-0.3, -0.25) is 5.10 Å². The quantitative estimate of drug-likeness (QED) is 0.713. The van der Waals surface area contributed by atoms with Crippen molar-refractivity contribution in [3.8, 4) is 16.9 Å². The topological polar surface area (TPSA) is 58.1 Å². The second kappa shape index (κ2) is 6.32. The molecule has 7 heteroatoms. The van der Waals surface area contributed by atoms with E-state index in [0.29, 0.717) is 17.5 Å². The summed E-state index contributed by atoms with van der Waals surface area (Å²) in [6.07, 6.45) is -4.06. The molecule has 0 saturated carbocycles. The molecule has 0 aliphatic carbocycles. The van der Waals surface area contributed by atoms with Crippen molar-refractivity contribution in [1.82, 2.24) is 10.2 Å². The highest BCUT2D eigenvalue weighted by atomic mass is 19.4. The molecule has 0 aliphatic heterocycles. The van der Waals surface area contributed by atoms with E-state index >= 15 is 0 Å². The molecular weight excluding hydrogens is 345 g/mol. The molecule has 0 saturated heterocycles. The van der Waals surface area contributed by atoms with Gasteiger partial charge in [0.15, 0.2) is 0 Å². The first-order valence-corrected chi connectivity index (χ1v) is 8.03. The van der Waals surface area contributed by atoms with Gasteiger partial charge in [-0.1, -0.05) is 12.1 Å². The average molecular weight is 364 g/mol. The Morgan fingerprint density at radius 1 is 1.12 bits per heavy atom. The fraction of sp³-hybridized carbons (Fsp3) is 0.316. The first kappa shape index (κ1) is 18.3. The molecule has 0 aliphatic rings. The van der Waals surface area contributed by atoms with Gasteiger partial charge in [-0.25, -0.2) is 0 Å². The number of hydrogen-bond donors (Lipinski definition) is 2. The summed E-state index contributed by atoms with van der Waals surface area (Å²) in [6.45, 7) is 3.39. The van der Waals surface area contributed by atoms with Crippen molar-refractivity contribution in [1.29, 1.82) is 0 Å². The maximum atomic E-state index is 12.9. The molecule has 1 aromatic heterocycles. The van der Waals surface area contributed by atoms with Gasteiger partial charge in [0.05, 0.1) is 23.8 Å². The minimum atomic E-state index is -4.43. The smallest absolute Gasteiger partial charge is 0.416 e. The van der Waals surface area contributed by atoms with E-state index in [0.717, 1.165) is 28.7 Å². The van der Waals surface area contributed by atoms with Crippen molar-refractivity contribution in [3.63, 3.8) is 0 Å². The lowest BCUT2D eigenvalue weighted by atomic mass is 9.97. The van der Waals surface area contributed by atoms with E-state index < -0.39 is 17.3 Å². The molecule has 0 unspecified atom stereocenters. The first-order valence-electron chi connectivity index (χ1n) is 8.03. The number of hydrogen-bond acceptors (Lipinski definition) is 3. The number of aliphatic hydroxyl groups is 1. The van der Waals surface area contributed by atoms with E-state index in [2.05, 4.69) is 10.2 Å². The molecule has 0 fully saturated rings. The van der Waals surface area contributed by atoms with Gasteiger partial charge < -0.3 is 9.84 Å². The molecule has 2 N–H and O–H groups in total. The number of ether oxygens (including phenoxy) is 1. The summed E-state index contributed by atoms with van der Waals surface area (Å²) >= 11 is 0. The van der Waals surface area contributed by atoms with Gasteiger partial charge in [0.1, 0.15) is 5.75 Å². The zero-order valence-electron chi connectivity index (χ0n) is 14.6. The summed E-state index contributed by atoms with van der Waals surface area (Å²) in [5.74, 6) is 0.145. The maximum absolute atomic E-state index is 12.9. The lowest BCUT2D eigenvalue weighted by molar-refractivity contribution is -0.137. The van der Waals surface area contributed by atoms with Gasteiger partial charge in [-0.05, 0) is 43.7 Å². The van der Waals surface area contributed by atoms with Gasteiger partial charge >= 0.3 is 6.18 Å². The molecule has 1 heterocycles. The number of H-pyrrole nitrogens is 1. The third-order valence-corrected chi connectivity index (χ3v) is 4.08. The van der Waals surface area contributed by atoms with Crippen LogP contribution < -0.4 is 4.74 Å². The van der Waals surface area contributed by atoms with Crippen LogP contribution >= 0.6 is 0 Å². The van der Waals surface area contributed by atoms with Gasteiger partial charge in [0.25, 0.3) is 0 Å². The first-order chi connectivity index (χ1) is 12.1. The molecule has 0 radical (unpaired) electrons. The van der Waals surface area contributed by atoms with Crippen LogP contribution in [0.2, 0.25) is 0 Å².